The van der Waals surface area contributed by atoms with Crippen molar-refractivity contribution in [3.63, 3.8) is 0 Å². The molecule has 0 amide bonds. The average Bonchev–Trinajstić information content (AvgIpc) is 2.66. The van der Waals surface area contributed by atoms with Crippen LogP contribution in [0.1, 0.15) is 23.2 Å². The van der Waals surface area contributed by atoms with Crippen LogP contribution in [0.3, 0.4) is 0 Å². The fraction of sp³-hybridized carbons (Fsp3) is 0.176. The molecule has 0 bridgehead atoms. The van der Waals surface area contributed by atoms with Crippen LogP contribution in [0, 0.1) is 26.8 Å². The molecule has 0 atom stereocenters. The maximum atomic E-state index is 14.0. The Morgan fingerprint density at radius 2 is 1.57 bits per heavy atom. The monoisotopic (exact) mass is 561 g/mol. The predicted molar refractivity (Wildman–Crippen MR) is 98.5 cm³/mol. The third kappa shape index (κ3) is 5.66. The SMILES string of the molecule is O=C(CCCOC(=O)c1ccc(I)cc1)Oc1c(F)c(F)c(F)c(S(=O)(=O)[O-])c1F. The Morgan fingerprint density at radius 3 is 2.13 bits per heavy atom. The van der Waals surface area contributed by atoms with Gasteiger partial charge in [0.25, 0.3) is 0 Å². The Labute approximate surface area is 180 Å². The summed E-state index contributed by atoms with van der Waals surface area (Å²) in [7, 11) is -5.88. The number of rotatable bonds is 7. The highest BCUT2D eigenvalue weighted by Crippen LogP contribution is 2.33. The molecule has 0 saturated carbocycles. The summed E-state index contributed by atoms with van der Waals surface area (Å²) < 4.78 is 97.1. The Kier molecular flexibility index (Phi) is 7.76. The molecule has 0 saturated heterocycles. The van der Waals surface area contributed by atoms with E-state index in [4.69, 9.17) is 4.74 Å². The normalized spacial score (nSPS) is 11.3. The number of halogens is 5. The zero-order valence-corrected chi connectivity index (χ0v) is 17.6. The van der Waals surface area contributed by atoms with Crippen molar-refractivity contribution in [2.45, 2.75) is 17.7 Å². The molecule has 162 valence electrons. The Hall–Kier alpha value is -2.26. The van der Waals surface area contributed by atoms with Crippen molar-refractivity contribution in [1.82, 2.24) is 0 Å². The topological polar surface area (TPSA) is 110 Å². The van der Waals surface area contributed by atoms with Crippen molar-refractivity contribution in [2.24, 2.45) is 0 Å². The van der Waals surface area contributed by atoms with Gasteiger partial charge in [-0.05, 0) is 53.3 Å². The first kappa shape index (κ1) is 24.0. The van der Waals surface area contributed by atoms with Crippen molar-refractivity contribution in [1.29, 1.82) is 0 Å². The fourth-order valence-electron chi connectivity index (χ4n) is 2.12. The van der Waals surface area contributed by atoms with Crippen LogP contribution in [0.4, 0.5) is 17.6 Å². The molecule has 30 heavy (non-hydrogen) atoms. The van der Waals surface area contributed by atoms with Gasteiger partial charge in [-0.1, -0.05) is 0 Å². The van der Waals surface area contributed by atoms with E-state index in [1.54, 1.807) is 12.1 Å². The summed E-state index contributed by atoms with van der Waals surface area (Å²) in [5, 5.41) is 0. The minimum absolute atomic E-state index is 0.172. The van der Waals surface area contributed by atoms with E-state index in [1.807, 2.05) is 22.6 Å². The summed E-state index contributed by atoms with van der Waals surface area (Å²) in [6.07, 6.45) is -0.758. The highest BCUT2D eigenvalue weighted by molar-refractivity contribution is 14.1. The maximum Gasteiger partial charge on any atom is 0.338 e. The standard InChI is InChI=1S/C17H11F4IO7S/c18-11-12(19)15(14(21)16(13(11)20)30(25,26)27)29-10(23)2-1-7-28-17(24)8-3-5-9(22)6-4-8/h3-6H,1-2,7H2,(H,25,26,27)/p-1. The van der Waals surface area contributed by atoms with Crippen molar-refractivity contribution in [3.05, 3.63) is 56.7 Å². The van der Waals surface area contributed by atoms with Crippen LogP contribution in [0.5, 0.6) is 5.75 Å². The molecule has 2 aromatic carbocycles. The zero-order chi connectivity index (χ0) is 22.6. The molecular formula is C17H10F4IO7S-. The summed E-state index contributed by atoms with van der Waals surface area (Å²) in [4.78, 5) is 21.2. The Bertz CT molecular complexity index is 1090. The molecule has 0 unspecified atom stereocenters. The van der Waals surface area contributed by atoms with Crippen LogP contribution in [-0.4, -0.2) is 31.5 Å². The van der Waals surface area contributed by atoms with E-state index in [-0.39, 0.29) is 18.6 Å². The number of hydrogen-bond donors (Lipinski definition) is 0. The highest BCUT2D eigenvalue weighted by Gasteiger charge is 2.31. The van der Waals surface area contributed by atoms with Crippen LogP contribution >= 0.6 is 22.6 Å². The summed E-state index contributed by atoms with van der Waals surface area (Å²) >= 11 is 2.03. The van der Waals surface area contributed by atoms with Gasteiger partial charge in [0.1, 0.15) is 15.0 Å². The molecule has 0 aliphatic rings. The van der Waals surface area contributed by atoms with Gasteiger partial charge in [0, 0.05) is 9.99 Å². The molecule has 2 aromatic rings. The number of carbonyl (C=O) groups is 2. The quantitative estimate of drug-likeness (QED) is 0.0746. The molecule has 7 nitrogen and oxygen atoms in total. The third-order valence-corrected chi connectivity index (χ3v) is 5.06. The molecule has 0 heterocycles. The van der Waals surface area contributed by atoms with Gasteiger partial charge in [-0.25, -0.2) is 26.4 Å². The van der Waals surface area contributed by atoms with Gasteiger partial charge in [0.05, 0.1) is 12.2 Å². The molecular weight excluding hydrogens is 551 g/mol. The van der Waals surface area contributed by atoms with Crippen molar-refractivity contribution < 1.29 is 49.6 Å². The number of ether oxygens (including phenoxy) is 2. The van der Waals surface area contributed by atoms with Gasteiger partial charge in [0.15, 0.2) is 17.5 Å². The molecule has 0 aromatic heterocycles. The van der Waals surface area contributed by atoms with Gasteiger partial charge >= 0.3 is 11.9 Å². The summed E-state index contributed by atoms with van der Waals surface area (Å²) in [5.74, 6) is -13.7. The number of esters is 2. The number of benzene rings is 2. The molecule has 13 heteroatoms. The van der Waals surface area contributed by atoms with Crippen LogP contribution in [0.2, 0.25) is 0 Å². The lowest BCUT2D eigenvalue weighted by Gasteiger charge is -2.14. The Balaban J connectivity index is 2.01. The van der Waals surface area contributed by atoms with Gasteiger partial charge in [-0.15, -0.1) is 0 Å². The zero-order valence-electron chi connectivity index (χ0n) is 14.6. The first-order valence-electron chi connectivity index (χ1n) is 7.88. The first-order chi connectivity index (χ1) is 13.9. The molecule has 0 spiro atoms. The van der Waals surface area contributed by atoms with Gasteiger partial charge in [-0.2, -0.15) is 4.39 Å². The smallest absolute Gasteiger partial charge is 0.338 e. The molecule has 0 aliphatic heterocycles. The lowest BCUT2D eigenvalue weighted by atomic mass is 10.2. The summed E-state index contributed by atoms with van der Waals surface area (Å²) in [5.41, 5.74) is 0.246. The van der Waals surface area contributed by atoms with Gasteiger partial charge in [0.2, 0.25) is 11.6 Å². The Morgan fingerprint density at radius 1 is 0.967 bits per heavy atom. The van der Waals surface area contributed by atoms with E-state index in [9.17, 15) is 40.1 Å². The van der Waals surface area contributed by atoms with E-state index in [0.717, 1.165) is 3.57 Å². The van der Waals surface area contributed by atoms with E-state index >= 15 is 0 Å². The largest absolute Gasteiger partial charge is 0.744 e. The molecule has 0 N–H and O–H groups in total. The molecule has 0 radical (unpaired) electrons. The maximum absolute atomic E-state index is 14.0. The summed E-state index contributed by atoms with van der Waals surface area (Å²) in [6.45, 7) is -0.289. The fourth-order valence-corrected chi connectivity index (χ4v) is 3.10. The van der Waals surface area contributed by atoms with Crippen molar-refractivity contribution >= 4 is 44.6 Å². The minimum atomic E-state index is -5.88. The lowest BCUT2D eigenvalue weighted by molar-refractivity contribution is -0.135. The van der Waals surface area contributed by atoms with Crippen LogP contribution in [0.25, 0.3) is 0 Å². The third-order valence-electron chi connectivity index (χ3n) is 3.49. The predicted octanol–water partition coefficient (Wildman–Crippen LogP) is 3.29. The number of carbonyl (C=O) groups excluding carboxylic acids is 2. The van der Waals surface area contributed by atoms with Crippen LogP contribution < -0.4 is 4.74 Å². The van der Waals surface area contributed by atoms with Gasteiger partial charge in [-0.3, -0.25) is 4.79 Å². The van der Waals surface area contributed by atoms with E-state index in [0.29, 0.717) is 0 Å². The molecule has 0 aliphatic carbocycles. The molecule has 2 rings (SSSR count). The average molecular weight is 561 g/mol. The lowest BCUT2D eigenvalue weighted by Crippen LogP contribution is -2.16. The second-order valence-corrected chi connectivity index (χ2v) is 8.15. The summed E-state index contributed by atoms with van der Waals surface area (Å²) in [6, 6.07) is 6.34. The van der Waals surface area contributed by atoms with Gasteiger partial charge < -0.3 is 14.0 Å². The second kappa shape index (κ2) is 9.70. The minimum Gasteiger partial charge on any atom is -0.744 e. The van der Waals surface area contributed by atoms with Crippen molar-refractivity contribution in [2.75, 3.05) is 6.61 Å². The van der Waals surface area contributed by atoms with Crippen LogP contribution in [0.15, 0.2) is 29.2 Å². The van der Waals surface area contributed by atoms with E-state index in [2.05, 4.69) is 4.74 Å². The second-order valence-electron chi connectivity index (χ2n) is 5.59. The van der Waals surface area contributed by atoms with E-state index in [1.165, 1.54) is 12.1 Å². The van der Waals surface area contributed by atoms with Crippen molar-refractivity contribution in [3.8, 4) is 5.75 Å². The van der Waals surface area contributed by atoms with Crippen LogP contribution in [-0.2, 0) is 19.6 Å². The number of hydrogen-bond acceptors (Lipinski definition) is 7. The molecule has 0 fully saturated rings. The highest BCUT2D eigenvalue weighted by atomic mass is 127. The first-order valence-corrected chi connectivity index (χ1v) is 10.4. The van der Waals surface area contributed by atoms with E-state index < -0.39 is 62.4 Å².